The van der Waals surface area contributed by atoms with Crippen LogP contribution in [0.15, 0.2) is 36.9 Å². The van der Waals surface area contributed by atoms with Gasteiger partial charge in [-0.3, -0.25) is 0 Å². The molecule has 1 heterocycles. The molecule has 0 bridgehead atoms. The number of hydrogen-bond donors (Lipinski definition) is 1. The maximum absolute atomic E-state index is 13.0. The molecule has 2 rings (SSSR count). The first-order valence-corrected chi connectivity index (χ1v) is 4.19. The van der Waals surface area contributed by atoms with Gasteiger partial charge < -0.3 is 9.67 Å². The second kappa shape index (κ2) is 3.53. The Morgan fingerprint density at radius 1 is 1.47 bits per heavy atom. The van der Waals surface area contributed by atoms with Crippen LogP contribution in [0.25, 0.3) is 5.69 Å². The number of aromatic carboxylic acids is 1. The molecule has 4 nitrogen and oxygen atoms in total. The molecule has 0 saturated heterocycles. The smallest absolute Gasteiger partial charge is 0.337 e. The van der Waals surface area contributed by atoms with E-state index in [1.807, 2.05) is 0 Å². The summed E-state index contributed by atoms with van der Waals surface area (Å²) in [5.74, 6) is -1.58. The highest BCUT2D eigenvalue weighted by Gasteiger charge is 2.11. The molecule has 76 valence electrons. The predicted molar refractivity (Wildman–Crippen MR) is 50.5 cm³/mol. The lowest BCUT2D eigenvalue weighted by molar-refractivity contribution is 0.0697. The number of carboxylic acid groups (broad SMARTS) is 1. The Balaban J connectivity index is 2.63. The van der Waals surface area contributed by atoms with E-state index in [0.717, 1.165) is 12.1 Å². The van der Waals surface area contributed by atoms with Gasteiger partial charge in [-0.2, -0.15) is 0 Å². The first kappa shape index (κ1) is 9.39. The molecule has 1 aromatic heterocycles. The normalized spacial score (nSPS) is 10.2. The fraction of sp³-hybridized carbons (Fsp3) is 0. The standard InChI is InChI=1S/C10H7FN2O2/c11-7-1-2-8(10(14)15)9(5-7)13-4-3-12-6-13/h1-6H,(H,14,15). The lowest BCUT2D eigenvalue weighted by Gasteiger charge is -2.06. The molecular weight excluding hydrogens is 199 g/mol. The van der Waals surface area contributed by atoms with Crippen molar-refractivity contribution in [1.82, 2.24) is 9.55 Å². The van der Waals surface area contributed by atoms with E-state index in [1.165, 1.54) is 23.2 Å². The van der Waals surface area contributed by atoms with Gasteiger partial charge in [0.25, 0.3) is 0 Å². The Hall–Kier alpha value is -2.17. The maximum atomic E-state index is 13.0. The fourth-order valence-corrected chi connectivity index (χ4v) is 1.30. The Morgan fingerprint density at radius 2 is 2.27 bits per heavy atom. The number of halogens is 1. The van der Waals surface area contributed by atoms with Crippen molar-refractivity contribution in [3.8, 4) is 5.69 Å². The summed E-state index contributed by atoms with van der Waals surface area (Å²) in [6, 6.07) is 3.50. The minimum atomic E-state index is -1.10. The molecule has 15 heavy (non-hydrogen) atoms. The van der Waals surface area contributed by atoms with Crippen LogP contribution in [0.5, 0.6) is 0 Å². The van der Waals surface area contributed by atoms with Crippen molar-refractivity contribution in [3.63, 3.8) is 0 Å². The van der Waals surface area contributed by atoms with Gasteiger partial charge in [-0.05, 0) is 18.2 Å². The largest absolute Gasteiger partial charge is 0.478 e. The summed E-state index contributed by atoms with van der Waals surface area (Å²) in [4.78, 5) is 14.6. The molecule has 0 aliphatic carbocycles. The van der Waals surface area contributed by atoms with E-state index in [9.17, 15) is 9.18 Å². The summed E-state index contributed by atoms with van der Waals surface area (Å²) in [7, 11) is 0. The van der Waals surface area contributed by atoms with E-state index in [2.05, 4.69) is 4.98 Å². The van der Waals surface area contributed by atoms with Crippen LogP contribution in [0.3, 0.4) is 0 Å². The van der Waals surface area contributed by atoms with Crippen LogP contribution < -0.4 is 0 Å². The van der Waals surface area contributed by atoms with E-state index in [1.54, 1.807) is 6.20 Å². The molecular formula is C10H7FN2O2. The van der Waals surface area contributed by atoms with Gasteiger partial charge >= 0.3 is 5.97 Å². The molecule has 0 unspecified atom stereocenters. The van der Waals surface area contributed by atoms with Crippen LogP contribution in [0.2, 0.25) is 0 Å². The van der Waals surface area contributed by atoms with E-state index in [4.69, 9.17) is 5.11 Å². The van der Waals surface area contributed by atoms with Crippen molar-refractivity contribution in [2.24, 2.45) is 0 Å². The molecule has 5 heteroatoms. The zero-order valence-corrected chi connectivity index (χ0v) is 7.59. The number of carboxylic acids is 1. The average Bonchev–Trinajstić information content (AvgIpc) is 2.69. The number of aromatic nitrogens is 2. The van der Waals surface area contributed by atoms with Crippen molar-refractivity contribution in [1.29, 1.82) is 0 Å². The van der Waals surface area contributed by atoms with Gasteiger partial charge in [0.2, 0.25) is 0 Å². The highest BCUT2D eigenvalue weighted by atomic mass is 19.1. The van der Waals surface area contributed by atoms with E-state index in [0.29, 0.717) is 0 Å². The van der Waals surface area contributed by atoms with Gasteiger partial charge in [0.15, 0.2) is 0 Å². The molecule has 0 aliphatic rings. The average molecular weight is 206 g/mol. The first-order valence-electron chi connectivity index (χ1n) is 4.19. The van der Waals surface area contributed by atoms with Gasteiger partial charge in [0, 0.05) is 12.4 Å². The molecule has 0 radical (unpaired) electrons. The van der Waals surface area contributed by atoms with Crippen molar-refractivity contribution < 1.29 is 14.3 Å². The molecule has 0 amide bonds. The van der Waals surface area contributed by atoms with Gasteiger partial charge in [-0.25, -0.2) is 14.2 Å². The van der Waals surface area contributed by atoms with Crippen LogP contribution in [-0.4, -0.2) is 20.6 Å². The summed E-state index contributed by atoms with van der Waals surface area (Å²) in [6.07, 6.45) is 4.47. The molecule has 1 N–H and O–H groups in total. The van der Waals surface area contributed by atoms with Crippen molar-refractivity contribution >= 4 is 5.97 Å². The Labute approximate surface area is 84.6 Å². The highest BCUT2D eigenvalue weighted by molar-refractivity contribution is 5.91. The number of carbonyl (C=O) groups is 1. The quantitative estimate of drug-likeness (QED) is 0.813. The van der Waals surface area contributed by atoms with Crippen LogP contribution >= 0.6 is 0 Å². The van der Waals surface area contributed by atoms with E-state index < -0.39 is 11.8 Å². The number of nitrogens with zero attached hydrogens (tertiary/aromatic N) is 2. The second-order valence-corrected chi connectivity index (χ2v) is 2.94. The summed E-state index contributed by atoms with van der Waals surface area (Å²) < 4.78 is 14.4. The molecule has 1 aromatic carbocycles. The molecule has 0 saturated carbocycles. The Kier molecular flexibility index (Phi) is 2.21. The third-order valence-corrected chi connectivity index (χ3v) is 1.97. The lowest BCUT2D eigenvalue weighted by atomic mass is 10.1. The molecule has 0 fully saturated rings. The SMILES string of the molecule is O=C(O)c1ccc(F)cc1-n1ccnc1. The summed E-state index contributed by atoms with van der Waals surface area (Å²) in [5.41, 5.74) is 0.300. The minimum Gasteiger partial charge on any atom is -0.478 e. The van der Waals surface area contributed by atoms with Gasteiger partial charge in [0.05, 0.1) is 17.6 Å². The maximum Gasteiger partial charge on any atom is 0.337 e. The van der Waals surface area contributed by atoms with Gasteiger partial charge in [-0.15, -0.1) is 0 Å². The predicted octanol–water partition coefficient (Wildman–Crippen LogP) is 1.71. The number of rotatable bonds is 2. The lowest BCUT2D eigenvalue weighted by Crippen LogP contribution is -2.04. The molecule has 0 atom stereocenters. The van der Waals surface area contributed by atoms with E-state index >= 15 is 0 Å². The molecule has 0 aliphatic heterocycles. The number of hydrogen-bond acceptors (Lipinski definition) is 2. The van der Waals surface area contributed by atoms with Crippen LogP contribution in [0.1, 0.15) is 10.4 Å². The van der Waals surface area contributed by atoms with Gasteiger partial charge in [-0.1, -0.05) is 0 Å². The zero-order chi connectivity index (χ0) is 10.8. The summed E-state index contributed by atoms with van der Waals surface area (Å²) in [6.45, 7) is 0. The van der Waals surface area contributed by atoms with Crippen LogP contribution in [-0.2, 0) is 0 Å². The highest BCUT2D eigenvalue weighted by Crippen LogP contribution is 2.15. The third kappa shape index (κ3) is 1.71. The fourth-order valence-electron chi connectivity index (χ4n) is 1.30. The van der Waals surface area contributed by atoms with Crippen molar-refractivity contribution in [2.45, 2.75) is 0 Å². The number of benzene rings is 1. The first-order chi connectivity index (χ1) is 7.18. The Morgan fingerprint density at radius 3 is 2.87 bits per heavy atom. The van der Waals surface area contributed by atoms with Crippen molar-refractivity contribution in [2.75, 3.05) is 0 Å². The zero-order valence-electron chi connectivity index (χ0n) is 7.59. The third-order valence-electron chi connectivity index (χ3n) is 1.97. The van der Waals surface area contributed by atoms with E-state index in [-0.39, 0.29) is 11.3 Å². The Bertz CT molecular complexity index is 494. The summed E-state index contributed by atoms with van der Waals surface area (Å²) >= 11 is 0. The van der Waals surface area contributed by atoms with Gasteiger partial charge in [0.1, 0.15) is 5.82 Å². The monoisotopic (exact) mass is 206 g/mol. The minimum absolute atomic E-state index is 0.0365. The molecule has 0 spiro atoms. The molecule has 2 aromatic rings. The topological polar surface area (TPSA) is 55.1 Å². The van der Waals surface area contributed by atoms with Crippen LogP contribution in [0, 0.1) is 5.82 Å². The number of imidazole rings is 1. The van der Waals surface area contributed by atoms with Crippen LogP contribution in [0.4, 0.5) is 4.39 Å². The van der Waals surface area contributed by atoms with Crippen molar-refractivity contribution in [3.05, 3.63) is 48.3 Å². The summed E-state index contributed by atoms with van der Waals surface area (Å²) in [5, 5.41) is 8.90. The second-order valence-electron chi connectivity index (χ2n) is 2.94.